The van der Waals surface area contributed by atoms with Gasteiger partial charge in [0.05, 0.1) is 19.6 Å². The zero-order chi connectivity index (χ0) is 15.1. The lowest BCUT2D eigenvalue weighted by molar-refractivity contribution is -0.936. The predicted octanol–water partition coefficient (Wildman–Crippen LogP) is 3.39. The van der Waals surface area contributed by atoms with Gasteiger partial charge in [0.1, 0.15) is 6.54 Å². The van der Waals surface area contributed by atoms with Gasteiger partial charge in [0, 0.05) is 12.2 Å². The zero-order valence-electron chi connectivity index (χ0n) is 12.7. The van der Waals surface area contributed by atoms with E-state index in [-0.39, 0.29) is 6.61 Å². The van der Waals surface area contributed by atoms with Crippen molar-refractivity contribution >= 4 is 0 Å². The molecule has 0 atom stereocenters. The van der Waals surface area contributed by atoms with Crippen molar-refractivity contribution < 1.29 is 9.59 Å². The van der Waals surface area contributed by atoms with E-state index in [0.29, 0.717) is 0 Å². The minimum Gasteiger partial charge on any atom is -0.397 e. The molecule has 0 radical (unpaired) electrons. The van der Waals surface area contributed by atoms with Crippen LogP contribution in [0.25, 0.3) is 0 Å². The number of benzene rings is 1. The Balaban J connectivity index is 0. The molecule has 1 aromatic rings. The highest BCUT2D eigenvalue weighted by atomic mass is 16.2. The Bertz CT molecular complexity index is 279. The van der Waals surface area contributed by atoms with Crippen LogP contribution >= 0.6 is 0 Å². The van der Waals surface area contributed by atoms with Crippen molar-refractivity contribution in [1.82, 2.24) is 0 Å². The van der Waals surface area contributed by atoms with Crippen LogP contribution in [-0.4, -0.2) is 35.8 Å². The van der Waals surface area contributed by atoms with Gasteiger partial charge in [-0.05, 0) is 27.7 Å². The van der Waals surface area contributed by atoms with Crippen LogP contribution in [0, 0.1) is 10.5 Å². The standard InChI is InChI=1S/C13H22N.C2H6O.HNO/c1-4-14(5-2,6-3)12-13-10-8-7-9-11-13;1-2-3;1-2/h7-11H,4-6,12H2,1-3H3;3H,2H2,1H3;1H/q+1;;. The number of aliphatic hydroxyl groups excluding tert-OH is 1. The molecule has 19 heavy (non-hydrogen) atoms. The van der Waals surface area contributed by atoms with Crippen molar-refractivity contribution in [3.8, 4) is 0 Å². The van der Waals surface area contributed by atoms with E-state index in [2.05, 4.69) is 56.7 Å². The number of hydrogen-bond donors (Lipinski definition) is 2. The molecule has 0 aliphatic rings. The van der Waals surface area contributed by atoms with Gasteiger partial charge < -0.3 is 9.59 Å². The molecule has 1 rings (SSSR count). The Hall–Kier alpha value is -1.26. The lowest BCUT2D eigenvalue weighted by Gasteiger charge is -2.35. The highest BCUT2D eigenvalue weighted by molar-refractivity contribution is 5.13. The van der Waals surface area contributed by atoms with Gasteiger partial charge in [0.25, 0.3) is 0 Å². The fourth-order valence-electron chi connectivity index (χ4n) is 1.98. The molecule has 0 fully saturated rings. The molecule has 0 heterocycles. The third-order valence-corrected chi connectivity index (χ3v) is 3.37. The molecular formula is C15H29N2O2+. The third kappa shape index (κ3) is 8.46. The lowest BCUT2D eigenvalue weighted by Crippen LogP contribution is -2.46. The first-order valence-electron chi connectivity index (χ1n) is 6.88. The summed E-state index contributed by atoms with van der Waals surface area (Å²) in [7, 11) is 0. The van der Waals surface area contributed by atoms with Crippen LogP contribution in [0.3, 0.4) is 0 Å². The van der Waals surface area contributed by atoms with Gasteiger partial charge in [-0.15, -0.1) is 0 Å². The Morgan fingerprint density at radius 1 is 0.947 bits per heavy atom. The molecule has 0 saturated carbocycles. The first-order chi connectivity index (χ1) is 9.17. The van der Waals surface area contributed by atoms with Crippen molar-refractivity contribution in [3.05, 3.63) is 40.8 Å². The summed E-state index contributed by atoms with van der Waals surface area (Å²) >= 11 is 0. The van der Waals surface area contributed by atoms with E-state index >= 15 is 0 Å². The summed E-state index contributed by atoms with van der Waals surface area (Å²) < 4.78 is 1.20. The molecule has 2 N–H and O–H groups in total. The van der Waals surface area contributed by atoms with Crippen LogP contribution in [0.2, 0.25) is 0 Å². The van der Waals surface area contributed by atoms with Gasteiger partial charge in [-0.3, -0.25) is 0 Å². The summed E-state index contributed by atoms with van der Waals surface area (Å²) in [6.45, 7) is 13.6. The minimum atomic E-state index is 0.250. The monoisotopic (exact) mass is 269 g/mol. The number of nitroso groups, excluding NO2 is 1. The fraction of sp³-hybridized carbons (Fsp3) is 0.600. The van der Waals surface area contributed by atoms with Gasteiger partial charge in [-0.1, -0.05) is 35.9 Å². The van der Waals surface area contributed by atoms with Gasteiger partial charge in [0.2, 0.25) is 0 Å². The lowest BCUT2D eigenvalue weighted by atomic mass is 10.2. The number of aliphatic hydroxyl groups is 1. The van der Waals surface area contributed by atoms with Crippen molar-refractivity contribution in [3.63, 3.8) is 0 Å². The normalized spacial score (nSPS) is 9.74. The second-order valence-corrected chi connectivity index (χ2v) is 4.25. The maximum absolute atomic E-state index is 7.57. The molecule has 4 nitrogen and oxygen atoms in total. The largest absolute Gasteiger partial charge is 0.397 e. The van der Waals surface area contributed by atoms with Crippen LogP contribution in [0.5, 0.6) is 0 Å². The van der Waals surface area contributed by atoms with E-state index in [1.54, 1.807) is 6.92 Å². The molecule has 0 bridgehead atoms. The molecule has 4 heteroatoms. The second-order valence-electron chi connectivity index (χ2n) is 4.25. The van der Waals surface area contributed by atoms with E-state index in [1.807, 2.05) is 0 Å². The molecule has 0 aliphatic heterocycles. The predicted molar refractivity (Wildman–Crippen MR) is 80.9 cm³/mol. The summed E-state index contributed by atoms with van der Waals surface area (Å²) in [6.07, 6.45) is 0. The molecule has 0 saturated heterocycles. The van der Waals surface area contributed by atoms with Crippen LogP contribution in [0.4, 0.5) is 0 Å². The number of nitrogens with one attached hydrogen (secondary N) is 1. The SMILES string of the molecule is CCO.CC[N+](CC)(CC)Cc1ccccc1.N=O. The number of hydrogen-bond acceptors (Lipinski definition) is 3. The van der Waals surface area contributed by atoms with E-state index in [9.17, 15) is 0 Å². The molecule has 1 aromatic carbocycles. The average Bonchev–Trinajstić information content (AvgIpc) is 2.49. The topological polar surface area (TPSA) is 61.1 Å². The summed E-state index contributed by atoms with van der Waals surface area (Å²) in [5, 5.41) is 7.57. The van der Waals surface area contributed by atoms with Gasteiger partial charge >= 0.3 is 0 Å². The van der Waals surface area contributed by atoms with Crippen molar-refractivity contribution in [1.29, 1.82) is 5.59 Å². The highest BCUT2D eigenvalue weighted by Crippen LogP contribution is 2.13. The number of rotatable bonds is 5. The van der Waals surface area contributed by atoms with Crippen molar-refractivity contribution in [2.24, 2.45) is 0 Å². The summed E-state index contributed by atoms with van der Waals surface area (Å²) in [5.74, 6) is 0. The molecule has 0 aliphatic carbocycles. The average molecular weight is 269 g/mol. The summed E-state index contributed by atoms with van der Waals surface area (Å²) in [5.41, 5.74) is 5.96. The third-order valence-electron chi connectivity index (χ3n) is 3.37. The van der Waals surface area contributed by atoms with E-state index < -0.39 is 0 Å². The highest BCUT2D eigenvalue weighted by Gasteiger charge is 2.20. The Morgan fingerprint density at radius 2 is 1.32 bits per heavy atom. The fourth-order valence-corrected chi connectivity index (χ4v) is 1.98. The van der Waals surface area contributed by atoms with E-state index in [4.69, 9.17) is 10.0 Å². The molecule has 0 unspecified atom stereocenters. The number of nitrogens with zero attached hydrogens (tertiary/aromatic N) is 1. The van der Waals surface area contributed by atoms with Gasteiger partial charge in [-0.25, -0.2) is 0 Å². The zero-order valence-corrected chi connectivity index (χ0v) is 12.7. The maximum Gasteiger partial charge on any atom is 0.104 e. The smallest absolute Gasteiger partial charge is 0.104 e. The Labute approximate surface area is 117 Å². The van der Waals surface area contributed by atoms with Crippen molar-refractivity contribution in [2.45, 2.75) is 34.2 Å². The molecule has 0 amide bonds. The molecule has 0 aromatic heterocycles. The maximum atomic E-state index is 7.57. The van der Waals surface area contributed by atoms with Gasteiger partial charge in [-0.2, -0.15) is 4.91 Å². The quantitative estimate of drug-likeness (QED) is 0.635. The first-order valence-corrected chi connectivity index (χ1v) is 6.88. The molecule has 110 valence electrons. The van der Waals surface area contributed by atoms with E-state index in [0.717, 1.165) is 0 Å². The van der Waals surface area contributed by atoms with E-state index in [1.165, 1.54) is 36.2 Å². The van der Waals surface area contributed by atoms with Crippen LogP contribution in [-0.2, 0) is 6.54 Å². The minimum absolute atomic E-state index is 0.250. The summed E-state index contributed by atoms with van der Waals surface area (Å²) in [6, 6.07) is 10.8. The first kappa shape index (κ1) is 20.1. The Kier molecular flexibility index (Phi) is 13.9. The Morgan fingerprint density at radius 3 is 1.63 bits per heavy atom. The van der Waals surface area contributed by atoms with Gasteiger partial charge in [0.15, 0.2) is 0 Å². The van der Waals surface area contributed by atoms with Crippen LogP contribution < -0.4 is 0 Å². The van der Waals surface area contributed by atoms with Crippen molar-refractivity contribution in [2.75, 3.05) is 26.2 Å². The van der Waals surface area contributed by atoms with Crippen LogP contribution in [0.1, 0.15) is 33.3 Å². The molecule has 0 spiro atoms. The second kappa shape index (κ2) is 13.2. The summed E-state index contributed by atoms with van der Waals surface area (Å²) in [4.78, 5) is 7.50. The van der Waals surface area contributed by atoms with Crippen LogP contribution in [0.15, 0.2) is 30.3 Å². The number of quaternary nitrogens is 1. The molecular weight excluding hydrogens is 240 g/mol.